The van der Waals surface area contributed by atoms with E-state index in [9.17, 15) is 4.39 Å². The zero-order chi connectivity index (χ0) is 10.1. The van der Waals surface area contributed by atoms with Gasteiger partial charge in [0.1, 0.15) is 5.82 Å². The summed E-state index contributed by atoms with van der Waals surface area (Å²) in [6, 6.07) is 6.99. The molecule has 0 spiro atoms. The molecular formula is C11H13FN2. The number of aromatic nitrogens is 1. The second-order valence-corrected chi connectivity index (χ2v) is 3.47. The molecular weight excluding hydrogens is 179 g/mol. The first-order chi connectivity index (χ1) is 6.70. The largest absolute Gasteiger partial charge is 0.357 e. The Hall–Kier alpha value is -1.35. The van der Waals surface area contributed by atoms with Crippen LogP contribution in [0.25, 0.3) is 10.9 Å². The number of hydrogen-bond donors (Lipinski definition) is 2. The van der Waals surface area contributed by atoms with Gasteiger partial charge in [0.25, 0.3) is 0 Å². The Morgan fingerprint density at radius 1 is 1.36 bits per heavy atom. The summed E-state index contributed by atoms with van der Waals surface area (Å²) in [4.78, 5) is 3.24. The standard InChI is InChI=1S/C11H13FN2/c1-7(13-2)11-6-8-5-9(12)3-4-10(8)14-11/h3-7,13-14H,1-2H3. The van der Waals surface area contributed by atoms with E-state index in [0.29, 0.717) is 0 Å². The minimum Gasteiger partial charge on any atom is -0.357 e. The number of aromatic amines is 1. The van der Waals surface area contributed by atoms with E-state index in [-0.39, 0.29) is 11.9 Å². The van der Waals surface area contributed by atoms with Crippen molar-refractivity contribution in [3.63, 3.8) is 0 Å². The van der Waals surface area contributed by atoms with E-state index in [1.807, 2.05) is 13.1 Å². The number of nitrogens with one attached hydrogen (secondary N) is 2. The van der Waals surface area contributed by atoms with Gasteiger partial charge in [0, 0.05) is 22.6 Å². The number of hydrogen-bond acceptors (Lipinski definition) is 1. The minimum absolute atomic E-state index is 0.194. The van der Waals surface area contributed by atoms with E-state index >= 15 is 0 Å². The van der Waals surface area contributed by atoms with Crippen LogP contribution in [0.4, 0.5) is 4.39 Å². The van der Waals surface area contributed by atoms with Gasteiger partial charge in [0.15, 0.2) is 0 Å². The van der Waals surface area contributed by atoms with E-state index in [2.05, 4.69) is 17.2 Å². The molecule has 2 rings (SSSR count). The molecule has 0 saturated heterocycles. The van der Waals surface area contributed by atoms with Gasteiger partial charge in [-0.1, -0.05) is 0 Å². The van der Waals surface area contributed by atoms with Gasteiger partial charge in [0.2, 0.25) is 0 Å². The van der Waals surface area contributed by atoms with E-state index in [4.69, 9.17) is 0 Å². The molecule has 0 aliphatic carbocycles. The van der Waals surface area contributed by atoms with Crippen molar-refractivity contribution >= 4 is 10.9 Å². The van der Waals surface area contributed by atoms with Crippen molar-refractivity contribution in [3.05, 3.63) is 35.8 Å². The van der Waals surface area contributed by atoms with Crippen molar-refractivity contribution in [2.24, 2.45) is 0 Å². The lowest BCUT2D eigenvalue weighted by molar-refractivity contribution is 0.630. The summed E-state index contributed by atoms with van der Waals surface area (Å²) < 4.78 is 12.9. The highest BCUT2D eigenvalue weighted by molar-refractivity contribution is 5.80. The van der Waals surface area contributed by atoms with Gasteiger partial charge >= 0.3 is 0 Å². The van der Waals surface area contributed by atoms with E-state index in [1.54, 1.807) is 6.07 Å². The van der Waals surface area contributed by atoms with Crippen LogP contribution in [-0.4, -0.2) is 12.0 Å². The number of rotatable bonds is 2. The lowest BCUT2D eigenvalue weighted by Crippen LogP contribution is -2.12. The fraction of sp³-hybridized carbons (Fsp3) is 0.273. The molecule has 1 aromatic carbocycles. The van der Waals surface area contributed by atoms with Gasteiger partial charge in [-0.25, -0.2) is 4.39 Å². The van der Waals surface area contributed by atoms with Crippen molar-refractivity contribution in [2.75, 3.05) is 7.05 Å². The Morgan fingerprint density at radius 2 is 2.14 bits per heavy atom. The average molecular weight is 192 g/mol. The Morgan fingerprint density at radius 3 is 2.86 bits per heavy atom. The third-order valence-corrected chi connectivity index (χ3v) is 2.50. The van der Waals surface area contributed by atoms with Crippen LogP contribution >= 0.6 is 0 Å². The van der Waals surface area contributed by atoms with Crippen molar-refractivity contribution in [2.45, 2.75) is 13.0 Å². The van der Waals surface area contributed by atoms with Crippen molar-refractivity contribution < 1.29 is 4.39 Å². The molecule has 2 N–H and O–H groups in total. The fourth-order valence-electron chi connectivity index (χ4n) is 1.51. The first-order valence-corrected chi connectivity index (χ1v) is 4.66. The normalized spacial score (nSPS) is 13.4. The molecule has 2 aromatic rings. The topological polar surface area (TPSA) is 27.8 Å². The maximum absolute atomic E-state index is 12.9. The molecule has 0 fully saturated rings. The molecule has 0 amide bonds. The molecule has 2 nitrogen and oxygen atoms in total. The van der Waals surface area contributed by atoms with Crippen LogP contribution in [0.15, 0.2) is 24.3 Å². The summed E-state index contributed by atoms with van der Waals surface area (Å²) in [5.74, 6) is -0.194. The van der Waals surface area contributed by atoms with Crippen LogP contribution in [0.2, 0.25) is 0 Å². The third kappa shape index (κ3) is 1.51. The predicted octanol–water partition coefficient (Wildman–Crippen LogP) is 2.59. The van der Waals surface area contributed by atoms with Gasteiger partial charge in [0.05, 0.1) is 0 Å². The van der Waals surface area contributed by atoms with Gasteiger partial charge in [-0.3, -0.25) is 0 Å². The summed E-state index contributed by atoms with van der Waals surface area (Å²) in [6.07, 6.45) is 0. The number of H-pyrrole nitrogens is 1. The Bertz CT molecular complexity index is 447. The van der Waals surface area contributed by atoms with Gasteiger partial charge in [-0.2, -0.15) is 0 Å². The van der Waals surface area contributed by atoms with Gasteiger partial charge in [-0.05, 0) is 38.2 Å². The van der Waals surface area contributed by atoms with Crippen molar-refractivity contribution in [1.82, 2.24) is 10.3 Å². The minimum atomic E-state index is -0.194. The summed E-state index contributed by atoms with van der Waals surface area (Å²) >= 11 is 0. The lowest BCUT2D eigenvalue weighted by Gasteiger charge is -2.05. The molecule has 0 aliphatic rings. The molecule has 1 heterocycles. The molecule has 74 valence electrons. The fourth-order valence-corrected chi connectivity index (χ4v) is 1.51. The van der Waals surface area contributed by atoms with E-state index in [0.717, 1.165) is 16.6 Å². The second kappa shape index (κ2) is 3.42. The average Bonchev–Trinajstić information content (AvgIpc) is 2.59. The Balaban J connectivity index is 2.51. The monoisotopic (exact) mass is 192 g/mol. The number of benzene rings is 1. The molecule has 3 heteroatoms. The molecule has 0 bridgehead atoms. The third-order valence-electron chi connectivity index (χ3n) is 2.50. The van der Waals surface area contributed by atoms with E-state index < -0.39 is 0 Å². The Kier molecular flexibility index (Phi) is 2.25. The molecule has 0 saturated carbocycles. The number of halogens is 1. The first-order valence-electron chi connectivity index (χ1n) is 4.66. The maximum atomic E-state index is 12.9. The van der Waals surface area contributed by atoms with Gasteiger partial charge < -0.3 is 10.3 Å². The maximum Gasteiger partial charge on any atom is 0.123 e. The summed E-state index contributed by atoms with van der Waals surface area (Å²) in [6.45, 7) is 2.06. The highest BCUT2D eigenvalue weighted by atomic mass is 19.1. The van der Waals surface area contributed by atoms with Crippen LogP contribution in [0, 0.1) is 5.82 Å². The highest BCUT2D eigenvalue weighted by Crippen LogP contribution is 2.20. The SMILES string of the molecule is CNC(C)c1cc2cc(F)ccc2[nH]1. The quantitative estimate of drug-likeness (QED) is 0.752. The van der Waals surface area contributed by atoms with Crippen LogP contribution in [0.1, 0.15) is 18.7 Å². The summed E-state index contributed by atoms with van der Waals surface area (Å²) in [7, 11) is 1.90. The van der Waals surface area contributed by atoms with Crippen LogP contribution in [0.5, 0.6) is 0 Å². The van der Waals surface area contributed by atoms with Crippen LogP contribution in [0.3, 0.4) is 0 Å². The molecule has 1 aromatic heterocycles. The molecule has 1 atom stereocenters. The van der Waals surface area contributed by atoms with E-state index in [1.165, 1.54) is 12.1 Å². The first kappa shape index (κ1) is 9.21. The predicted molar refractivity (Wildman–Crippen MR) is 55.7 cm³/mol. The smallest absolute Gasteiger partial charge is 0.123 e. The second-order valence-electron chi connectivity index (χ2n) is 3.47. The lowest BCUT2D eigenvalue weighted by atomic mass is 10.2. The van der Waals surface area contributed by atoms with Crippen LogP contribution < -0.4 is 5.32 Å². The van der Waals surface area contributed by atoms with Gasteiger partial charge in [-0.15, -0.1) is 0 Å². The Labute approximate surface area is 82.1 Å². The summed E-state index contributed by atoms with van der Waals surface area (Å²) in [5, 5.41) is 4.05. The zero-order valence-corrected chi connectivity index (χ0v) is 8.26. The number of fused-ring (bicyclic) bond motifs is 1. The molecule has 1 unspecified atom stereocenters. The molecule has 14 heavy (non-hydrogen) atoms. The van der Waals surface area contributed by atoms with Crippen molar-refractivity contribution in [3.8, 4) is 0 Å². The van der Waals surface area contributed by atoms with Crippen molar-refractivity contribution in [1.29, 1.82) is 0 Å². The van der Waals surface area contributed by atoms with Crippen LogP contribution in [-0.2, 0) is 0 Å². The highest BCUT2D eigenvalue weighted by Gasteiger charge is 2.06. The molecule has 0 aliphatic heterocycles. The molecule has 0 radical (unpaired) electrons. The summed E-state index contributed by atoms with van der Waals surface area (Å²) in [5.41, 5.74) is 2.05. The zero-order valence-electron chi connectivity index (χ0n) is 8.26.